The van der Waals surface area contributed by atoms with E-state index in [4.69, 9.17) is 4.74 Å². The van der Waals surface area contributed by atoms with Crippen molar-refractivity contribution in [1.82, 2.24) is 10.3 Å². The maximum absolute atomic E-state index is 11.4. The summed E-state index contributed by atoms with van der Waals surface area (Å²) in [5.74, 6) is -0.367. The lowest BCUT2D eigenvalue weighted by molar-refractivity contribution is 0.0600. The molecule has 1 saturated heterocycles. The summed E-state index contributed by atoms with van der Waals surface area (Å²) in [7, 11) is 1.36. The number of methoxy groups -OCH3 is 1. The fourth-order valence-corrected chi connectivity index (χ4v) is 1.80. The number of rotatable bonds is 2. The van der Waals surface area contributed by atoms with Crippen molar-refractivity contribution in [2.45, 2.75) is 12.5 Å². The summed E-state index contributed by atoms with van der Waals surface area (Å²) in [6.45, 7) is 2.28. The van der Waals surface area contributed by atoms with Crippen LogP contribution in [0.3, 0.4) is 0 Å². The van der Waals surface area contributed by atoms with E-state index in [1.807, 2.05) is 0 Å². The summed E-state index contributed by atoms with van der Waals surface area (Å²) in [5, 5.41) is 3.36. The van der Waals surface area contributed by atoms with E-state index < -0.39 is 0 Å². The van der Waals surface area contributed by atoms with Gasteiger partial charge >= 0.3 is 5.97 Å². The first kappa shape index (κ1) is 12.0. The Bertz CT molecular complexity index is 387. The minimum absolute atomic E-state index is 0.0922. The molecule has 0 saturated carbocycles. The van der Waals surface area contributed by atoms with Crippen molar-refractivity contribution in [3.63, 3.8) is 0 Å². The van der Waals surface area contributed by atoms with Gasteiger partial charge in [-0.2, -0.15) is 0 Å². The van der Waals surface area contributed by atoms with E-state index in [1.165, 1.54) is 13.3 Å². The van der Waals surface area contributed by atoms with E-state index in [-0.39, 0.29) is 12.0 Å². The number of hydrogen-bond acceptors (Lipinski definition) is 5. The van der Waals surface area contributed by atoms with Crippen LogP contribution in [-0.4, -0.2) is 37.8 Å². The normalized spacial score (nSPS) is 20.6. The molecule has 0 amide bonds. The summed E-state index contributed by atoms with van der Waals surface area (Å²) in [5.41, 5.74) is 1.42. The Kier molecular flexibility index (Phi) is 4.06. The van der Waals surface area contributed by atoms with E-state index in [9.17, 15) is 4.79 Å². The molecular weight excluding hydrogens is 220 g/mol. The lowest BCUT2D eigenvalue weighted by Crippen LogP contribution is -2.23. The summed E-state index contributed by atoms with van der Waals surface area (Å²) >= 11 is 0. The van der Waals surface area contributed by atoms with Gasteiger partial charge in [0, 0.05) is 19.0 Å². The highest BCUT2D eigenvalue weighted by molar-refractivity contribution is 5.89. The molecule has 5 heteroatoms. The van der Waals surface area contributed by atoms with Crippen LogP contribution in [0.4, 0.5) is 0 Å². The number of hydrogen-bond donors (Lipinski definition) is 1. The van der Waals surface area contributed by atoms with Gasteiger partial charge in [-0.05, 0) is 24.6 Å². The SMILES string of the molecule is COC(=O)c1cncc(C2COCCCN2)c1. The maximum atomic E-state index is 11.4. The van der Waals surface area contributed by atoms with Crippen LogP contribution >= 0.6 is 0 Å². The van der Waals surface area contributed by atoms with Crippen LogP contribution in [0.2, 0.25) is 0 Å². The van der Waals surface area contributed by atoms with Crippen molar-refractivity contribution < 1.29 is 14.3 Å². The zero-order valence-electron chi connectivity index (χ0n) is 9.81. The Balaban J connectivity index is 2.16. The summed E-state index contributed by atoms with van der Waals surface area (Å²) in [4.78, 5) is 15.5. The van der Waals surface area contributed by atoms with Crippen LogP contribution in [-0.2, 0) is 9.47 Å². The number of aromatic nitrogens is 1. The fraction of sp³-hybridized carbons (Fsp3) is 0.500. The zero-order valence-corrected chi connectivity index (χ0v) is 9.81. The number of esters is 1. The predicted octanol–water partition coefficient (Wildman–Crippen LogP) is 0.919. The van der Waals surface area contributed by atoms with E-state index >= 15 is 0 Å². The van der Waals surface area contributed by atoms with Gasteiger partial charge in [-0.25, -0.2) is 4.79 Å². The van der Waals surface area contributed by atoms with Crippen LogP contribution in [0.15, 0.2) is 18.5 Å². The van der Waals surface area contributed by atoms with E-state index in [2.05, 4.69) is 15.0 Å². The molecule has 0 radical (unpaired) electrons. The number of nitrogens with one attached hydrogen (secondary N) is 1. The van der Waals surface area contributed by atoms with E-state index in [0.717, 1.165) is 25.1 Å². The third kappa shape index (κ3) is 3.01. The van der Waals surface area contributed by atoms with Crippen molar-refractivity contribution in [2.24, 2.45) is 0 Å². The van der Waals surface area contributed by atoms with Crippen molar-refractivity contribution in [3.8, 4) is 0 Å². The Morgan fingerprint density at radius 3 is 3.29 bits per heavy atom. The third-order valence-corrected chi connectivity index (χ3v) is 2.72. The molecule has 2 rings (SSSR count). The molecule has 0 aliphatic carbocycles. The van der Waals surface area contributed by atoms with Crippen LogP contribution < -0.4 is 5.32 Å². The highest BCUT2D eigenvalue weighted by Gasteiger charge is 2.16. The molecule has 1 aliphatic rings. The van der Waals surface area contributed by atoms with Gasteiger partial charge < -0.3 is 14.8 Å². The third-order valence-electron chi connectivity index (χ3n) is 2.72. The molecule has 1 aromatic rings. The highest BCUT2D eigenvalue weighted by atomic mass is 16.5. The summed E-state index contributed by atoms with van der Waals surface area (Å²) in [6.07, 6.45) is 4.26. The lowest BCUT2D eigenvalue weighted by atomic mass is 10.1. The maximum Gasteiger partial charge on any atom is 0.339 e. The van der Waals surface area contributed by atoms with Gasteiger partial charge in [0.1, 0.15) is 0 Å². The molecule has 1 N–H and O–H groups in total. The van der Waals surface area contributed by atoms with Crippen LogP contribution in [0.25, 0.3) is 0 Å². The van der Waals surface area contributed by atoms with E-state index in [1.54, 1.807) is 12.3 Å². The van der Waals surface area contributed by atoms with Crippen molar-refractivity contribution >= 4 is 5.97 Å². The molecule has 1 unspecified atom stereocenters. The fourth-order valence-electron chi connectivity index (χ4n) is 1.80. The Labute approximate surface area is 100 Å². The second-order valence-corrected chi connectivity index (χ2v) is 3.93. The van der Waals surface area contributed by atoms with Gasteiger partial charge in [0.2, 0.25) is 0 Å². The van der Waals surface area contributed by atoms with Crippen LogP contribution in [0.1, 0.15) is 28.4 Å². The molecule has 2 heterocycles. The summed E-state index contributed by atoms with van der Waals surface area (Å²) < 4.78 is 10.2. The molecular formula is C12H16N2O3. The first-order chi connectivity index (χ1) is 8.31. The van der Waals surface area contributed by atoms with Gasteiger partial charge in [-0.1, -0.05) is 0 Å². The first-order valence-corrected chi connectivity index (χ1v) is 5.65. The number of nitrogens with zero attached hydrogens (tertiary/aromatic N) is 1. The average molecular weight is 236 g/mol. The smallest absolute Gasteiger partial charge is 0.339 e. The minimum Gasteiger partial charge on any atom is -0.465 e. The zero-order chi connectivity index (χ0) is 12.1. The van der Waals surface area contributed by atoms with E-state index in [0.29, 0.717) is 12.2 Å². The van der Waals surface area contributed by atoms with Crippen molar-refractivity contribution in [2.75, 3.05) is 26.9 Å². The molecule has 92 valence electrons. The molecule has 17 heavy (non-hydrogen) atoms. The highest BCUT2D eigenvalue weighted by Crippen LogP contribution is 2.16. The molecule has 1 aromatic heterocycles. The second kappa shape index (κ2) is 5.75. The largest absolute Gasteiger partial charge is 0.465 e. The standard InChI is InChI=1S/C12H16N2O3/c1-16-12(15)10-5-9(6-13-7-10)11-8-17-4-2-3-14-11/h5-7,11,14H,2-4,8H2,1H3. The number of ether oxygens (including phenoxy) is 2. The lowest BCUT2D eigenvalue weighted by Gasteiger charge is -2.15. The minimum atomic E-state index is -0.367. The van der Waals surface area contributed by atoms with Crippen molar-refractivity contribution in [1.29, 1.82) is 0 Å². The second-order valence-electron chi connectivity index (χ2n) is 3.93. The van der Waals surface area contributed by atoms with Crippen molar-refractivity contribution in [3.05, 3.63) is 29.6 Å². The average Bonchev–Trinajstić information content (AvgIpc) is 2.67. The van der Waals surface area contributed by atoms with Crippen LogP contribution in [0.5, 0.6) is 0 Å². The van der Waals surface area contributed by atoms with Gasteiger partial charge in [-0.15, -0.1) is 0 Å². The molecule has 0 aromatic carbocycles. The van der Waals surface area contributed by atoms with Gasteiger partial charge in [-0.3, -0.25) is 4.98 Å². The quantitative estimate of drug-likeness (QED) is 0.774. The molecule has 0 spiro atoms. The number of carbonyl (C=O) groups is 1. The Morgan fingerprint density at radius 1 is 1.59 bits per heavy atom. The topological polar surface area (TPSA) is 60.5 Å². The molecule has 0 bridgehead atoms. The van der Waals surface area contributed by atoms with Crippen LogP contribution in [0, 0.1) is 0 Å². The van der Waals surface area contributed by atoms with Gasteiger partial charge in [0.25, 0.3) is 0 Å². The molecule has 1 fully saturated rings. The van der Waals surface area contributed by atoms with Gasteiger partial charge in [0.15, 0.2) is 0 Å². The summed E-state index contributed by atoms with van der Waals surface area (Å²) in [6, 6.07) is 1.89. The number of carbonyl (C=O) groups excluding carboxylic acids is 1. The van der Waals surface area contributed by atoms with Gasteiger partial charge in [0.05, 0.1) is 25.3 Å². The number of pyridine rings is 1. The molecule has 5 nitrogen and oxygen atoms in total. The first-order valence-electron chi connectivity index (χ1n) is 5.65. The Morgan fingerprint density at radius 2 is 2.47 bits per heavy atom. The monoisotopic (exact) mass is 236 g/mol. The molecule has 1 atom stereocenters. The molecule has 1 aliphatic heterocycles. The Hall–Kier alpha value is -1.46. The predicted molar refractivity (Wildman–Crippen MR) is 61.8 cm³/mol.